The number of carbonyl (C=O) groups is 2. The monoisotopic (exact) mass is 235 g/mol. The summed E-state index contributed by atoms with van der Waals surface area (Å²) >= 11 is 1.18. The minimum Gasteiger partial charge on any atom is -0.286 e. The van der Waals surface area contributed by atoms with Gasteiger partial charge in [0.15, 0.2) is 0 Å². The van der Waals surface area contributed by atoms with Gasteiger partial charge in [-0.3, -0.25) is 14.9 Å². The molecule has 0 spiro atoms. The molecule has 3 nitrogen and oxygen atoms in total. The zero-order chi connectivity index (χ0) is 11.6. The van der Waals surface area contributed by atoms with Crippen molar-refractivity contribution in [2.24, 2.45) is 0 Å². The summed E-state index contributed by atoms with van der Waals surface area (Å²) in [6.07, 6.45) is 0.698. The van der Waals surface area contributed by atoms with Gasteiger partial charge in [0.25, 0.3) is 5.24 Å². The molecule has 1 aromatic carbocycles. The summed E-state index contributed by atoms with van der Waals surface area (Å²) in [5.41, 5.74) is 0.426. The molecule has 0 bridgehead atoms. The van der Waals surface area contributed by atoms with Crippen LogP contribution in [0, 0.1) is 0 Å². The second-order valence-electron chi connectivity index (χ2n) is 3.83. The van der Waals surface area contributed by atoms with Gasteiger partial charge in [-0.05, 0) is 12.0 Å². The maximum absolute atomic E-state index is 12.0. The van der Waals surface area contributed by atoms with Crippen LogP contribution in [0.4, 0.5) is 4.79 Å². The highest BCUT2D eigenvalue weighted by atomic mass is 32.2. The van der Waals surface area contributed by atoms with Crippen molar-refractivity contribution < 1.29 is 9.59 Å². The third-order valence-electron chi connectivity index (χ3n) is 3.03. The van der Waals surface area contributed by atoms with E-state index in [1.54, 1.807) is 0 Å². The fourth-order valence-electron chi connectivity index (χ4n) is 1.94. The summed E-state index contributed by atoms with van der Waals surface area (Å²) in [5, 5.41) is 2.16. The largest absolute Gasteiger partial charge is 0.286 e. The molecule has 0 radical (unpaired) electrons. The van der Waals surface area contributed by atoms with Crippen LogP contribution >= 0.6 is 11.8 Å². The molecule has 0 saturated carbocycles. The van der Waals surface area contributed by atoms with Crippen molar-refractivity contribution in [2.45, 2.75) is 18.8 Å². The summed E-state index contributed by atoms with van der Waals surface area (Å²) in [7, 11) is 0. The lowest BCUT2D eigenvalue weighted by Gasteiger charge is -2.34. The van der Waals surface area contributed by atoms with E-state index >= 15 is 0 Å². The van der Waals surface area contributed by atoms with Gasteiger partial charge in [-0.25, -0.2) is 0 Å². The number of hydrogen-bond acceptors (Lipinski definition) is 3. The Morgan fingerprint density at radius 1 is 1.31 bits per heavy atom. The number of benzene rings is 1. The molecule has 84 valence electrons. The number of thioether (sulfide) groups is 1. The van der Waals surface area contributed by atoms with E-state index in [0.717, 1.165) is 5.56 Å². The number of imide groups is 1. The number of rotatable bonds is 2. The Kier molecular flexibility index (Phi) is 3.01. The van der Waals surface area contributed by atoms with Crippen molar-refractivity contribution in [3.8, 4) is 0 Å². The second kappa shape index (κ2) is 4.29. The van der Waals surface area contributed by atoms with E-state index in [4.69, 9.17) is 0 Å². The molecular weight excluding hydrogens is 222 g/mol. The molecule has 16 heavy (non-hydrogen) atoms. The van der Waals surface area contributed by atoms with Crippen LogP contribution in [0.1, 0.15) is 18.9 Å². The first-order chi connectivity index (χ1) is 7.69. The molecule has 2 amide bonds. The van der Waals surface area contributed by atoms with Gasteiger partial charge in [0.1, 0.15) is 0 Å². The summed E-state index contributed by atoms with van der Waals surface area (Å²) in [6, 6.07) is 9.65. The second-order valence-corrected chi connectivity index (χ2v) is 4.78. The summed E-state index contributed by atoms with van der Waals surface area (Å²) < 4.78 is 0. The molecule has 1 aromatic rings. The Morgan fingerprint density at radius 3 is 2.56 bits per heavy atom. The van der Waals surface area contributed by atoms with Gasteiger partial charge in [-0.1, -0.05) is 49.0 Å². The lowest BCUT2D eigenvalue weighted by atomic mass is 9.79. The highest BCUT2D eigenvalue weighted by molar-refractivity contribution is 8.13. The number of carbonyl (C=O) groups excluding carboxylic acids is 2. The van der Waals surface area contributed by atoms with Gasteiger partial charge in [0.2, 0.25) is 5.91 Å². The fourth-order valence-corrected chi connectivity index (χ4v) is 2.99. The molecule has 4 heteroatoms. The predicted molar refractivity (Wildman–Crippen MR) is 64.4 cm³/mol. The smallest absolute Gasteiger partial charge is 0.285 e. The third-order valence-corrected chi connectivity index (χ3v) is 4.03. The topological polar surface area (TPSA) is 46.2 Å². The van der Waals surface area contributed by atoms with E-state index < -0.39 is 5.41 Å². The molecular formula is C12H13NO2S. The van der Waals surface area contributed by atoms with Crippen molar-refractivity contribution in [3.63, 3.8) is 0 Å². The first kappa shape index (κ1) is 11.2. The van der Waals surface area contributed by atoms with E-state index in [0.29, 0.717) is 12.2 Å². The summed E-state index contributed by atoms with van der Waals surface area (Å²) in [5.74, 6) is 0.350. The summed E-state index contributed by atoms with van der Waals surface area (Å²) in [6.45, 7) is 1.98. The molecule has 1 atom stereocenters. The first-order valence-corrected chi connectivity index (χ1v) is 6.21. The van der Waals surface area contributed by atoms with Gasteiger partial charge in [0.05, 0.1) is 5.41 Å². The van der Waals surface area contributed by atoms with E-state index in [9.17, 15) is 9.59 Å². The van der Waals surface area contributed by atoms with Crippen LogP contribution < -0.4 is 5.32 Å². The molecule has 0 aromatic heterocycles. The highest BCUT2D eigenvalue weighted by Crippen LogP contribution is 2.35. The molecule has 1 aliphatic rings. The van der Waals surface area contributed by atoms with Crippen LogP contribution in [0.3, 0.4) is 0 Å². The minimum atomic E-state index is -0.556. The predicted octanol–water partition coefficient (Wildman–Crippen LogP) is 2.32. The van der Waals surface area contributed by atoms with Crippen molar-refractivity contribution >= 4 is 22.9 Å². The molecule has 2 rings (SSSR count). The van der Waals surface area contributed by atoms with Crippen LogP contribution in [0.2, 0.25) is 0 Å². The zero-order valence-electron chi connectivity index (χ0n) is 9.03. The average Bonchev–Trinajstić information content (AvgIpc) is 2.31. The highest BCUT2D eigenvalue weighted by Gasteiger charge is 2.43. The Balaban J connectivity index is 2.40. The molecule has 1 unspecified atom stereocenters. The van der Waals surface area contributed by atoms with Crippen molar-refractivity contribution in [3.05, 3.63) is 35.9 Å². The molecule has 0 aliphatic carbocycles. The van der Waals surface area contributed by atoms with E-state index in [1.165, 1.54) is 11.8 Å². The minimum absolute atomic E-state index is 0.176. The Morgan fingerprint density at radius 2 is 2.00 bits per heavy atom. The standard InChI is InChI=1S/C12H13NO2S/c1-2-12(9-6-4-3-5-7-9)8-16-11(15)13-10(12)14/h3-7H,2,8H2,1H3,(H,13,14,15). The Bertz CT molecular complexity index is 418. The normalized spacial score (nSPS) is 25.3. The molecule has 1 heterocycles. The van der Waals surface area contributed by atoms with Gasteiger partial charge in [0, 0.05) is 5.75 Å². The Hall–Kier alpha value is -1.29. The van der Waals surface area contributed by atoms with E-state index in [1.807, 2.05) is 37.3 Å². The maximum Gasteiger partial charge on any atom is 0.285 e. The lowest BCUT2D eigenvalue weighted by Crippen LogP contribution is -2.51. The van der Waals surface area contributed by atoms with Crippen LogP contribution in [0.25, 0.3) is 0 Å². The lowest BCUT2D eigenvalue weighted by molar-refractivity contribution is -0.125. The molecule has 1 fully saturated rings. The SMILES string of the molecule is CCC1(c2ccccc2)CSC(=O)NC1=O. The number of nitrogens with one attached hydrogen (secondary N) is 1. The van der Waals surface area contributed by atoms with E-state index in [-0.39, 0.29) is 11.1 Å². The van der Waals surface area contributed by atoms with Crippen molar-refractivity contribution in [1.82, 2.24) is 5.32 Å². The van der Waals surface area contributed by atoms with Gasteiger partial charge in [-0.2, -0.15) is 0 Å². The van der Waals surface area contributed by atoms with Gasteiger partial charge >= 0.3 is 0 Å². The van der Waals surface area contributed by atoms with E-state index in [2.05, 4.69) is 5.32 Å². The first-order valence-electron chi connectivity index (χ1n) is 5.23. The van der Waals surface area contributed by atoms with Crippen LogP contribution in [0.15, 0.2) is 30.3 Å². The summed E-state index contributed by atoms with van der Waals surface area (Å²) in [4.78, 5) is 23.2. The van der Waals surface area contributed by atoms with Gasteiger partial charge in [-0.15, -0.1) is 0 Å². The Labute approximate surface area is 98.6 Å². The van der Waals surface area contributed by atoms with Crippen molar-refractivity contribution in [2.75, 3.05) is 5.75 Å². The number of amides is 2. The van der Waals surface area contributed by atoms with Crippen LogP contribution in [-0.4, -0.2) is 16.9 Å². The fraction of sp³-hybridized carbons (Fsp3) is 0.333. The maximum atomic E-state index is 12.0. The van der Waals surface area contributed by atoms with Gasteiger partial charge < -0.3 is 0 Å². The third kappa shape index (κ3) is 1.73. The van der Waals surface area contributed by atoms with Crippen molar-refractivity contribution in [1.29, 1.82) is 0 Å². The van der Waals surface area contributed by atoms with Crippen LogP contribution in [-0.2, 0) is 10.2 Å². The average molecular weight is 235 g/mol. The molecule has 1 aliphatic heterocycles. The number of hydrogen-bond donors (Lipinski definition) is 1. The molecule has 1 saturated heterocycles. The molecule has 1 N–H and O–H groups in total. The zero-order valence-corrected chi connectivity index (χ0v) is 9.84. The van der Waals surface area contributed by atoms with Crippen LogP contribution in [0.5, 0.6) is 0 Å². The quantitative estimate of drug-likeness (QED) is 0.855.